The van der Waals surface area contributed by atoms with Crippen molar-refractivity contribution in [1.29, 1.82) is 0 Å². The molecule has 4 nitrogen and oxygen atoms in total. The third-order valence-corrected chi connectivity index (χ3v) is 4.59. The van der Waals surface area contributed by atoms with Crippen LogP contribution in [0.4, 0.5) is 0 Å². The number of thiophene rings is 1. The van der Waals surface area contributed by atoms with Crippen molar-refractivity contribution in [3.8, 4) is 0 Å². The van der Waals surface area contributed by atoms with Gasteiger partial charge in [-0.2, -0.15) is 4.98 Å². The summed E-state index contributed by atoms with van der Waals surface area (Å²) in [5.74, 6) is 1.35. The van der Waals surface area contributed by atoms with Crippen LogP contribution in [0.2, 0.25) is 0 Å². The second-order valence-electron chi connectivity index (χ2n) is 5.33. The highest BCUT2D eigenvalue weighted by Crippen LogP contribution is 2.21. The lowest BCUT2D eigenvalue weighted by atomic mass is 10.1. The van der Waals surface area contributed by atoms with E-state index >= 15 is 0 Å². The minimum absolute atomic E-state index is 0.0466. The molecule has 0 fully saturated rings. The molecule has 0 aliphatic heterocycles. The van der Waals surface area contributed by atoms with E-state index in [0.717, 1.165) is 0 Å². The normalized spacial score (nSPS) is 13.9. The first kappa shape index (κ1) is 14.9. The van der Waals surface area contributed by atoms with Gasteiger partial charge in [0.05, 0.1) is 12.5 Å². The maximum absolute atomic E-state index is 5.36. The van der Waals surface area contributed by atoms with Crippen LogP contribution >= 0.6 is 11.3 Å². The van der Waals surface area contributed by atoms with Gasteiger partial charge in [0.1, 0.15) is 0 Å². The molecule has 2 aromatic heterocycles. The molecule has 0 aliphatic carbocycles. The molecule has 3 rings (SSSR count). The number of nitrogens with one attached hydrogen (secondary N) is 1. The van der Waals surface area contributed by atoms with E-state index < -0.39 is 0 Å². The van der Waals surface area contributed by atoms with Crippen molar-refractivity contribution in [2.75, 3.05) is 0 Å². The first-order valence-corrected chi connectivity index (χ1v) is 8.26. The predicted octanol–water partition coefficient (Wildman–Crippen LogP) is 4.13. The molecule has 3 aromatic rings. The van der Waals surface area contributed by atoms with E-state index in [-0.39, 0.29) is 12.1 Å². The Morgan fingerprint density at radius 2 is 1.91 bits per heavy atom. The van der Waals surface area contributed by atoms with Gasteiger partial charge in [0.25, 0.3) is 0 Å². The first-order valence-electron chi connectivity index (χ1n) is 7.38. The molecule has 0 aliphatic rings. The fourth-order valence-corrected chi connectivity index (χ4v) is 3.10. The van der Waals surface area contributed by atoms with Crippen LogP contribution in [0.1, 0.15) is 48.1 Å². The Bertz CT molecular complexity index is 694. The van der Waals surface area contributed by atoms with Gasteiger partial charge in [-0.15, -0.1) is 11.3 Å². The van der Waals surface area contributed by atoms with Gasteiger partial charge in [0.15, 0.2) is 5.82 Å². The minimum atomic E-state index is 0.0466. The molecule has 2 heterocycles. The van der Waals surface area contributed by atoms with Crippen molar-refractivity contribution in [3.05, 3.63) is 70.0 Å². The Hall–Kier alpha value is -1.98. The number of nitrogens with zero attached hydrogens (tertiary/aromatic N) is 2. The van der Waals surface area contributed by atoms with Gasteiger partial charge >= 0.3 is 0 Å². The zero-order chi connectivity index (χ0) is 15.4. The molecule has 0 radical (unpaired) electrons. The fraction of sp³-hybridized carbons (Fsp3) is 0.294. The summed E-state index contributed by atoms with van der Waals surface area (Å²) in [7, 11) is 0. The molecule has 1 N–H and O–H groups in total. The van der Waals surface area contributed by atoms with Crippen LogP contribution in [-0.2, 0) is 6.42 Å². The summed E-state index contributed by atoms with van der Waals surface area (Å²) in [4.78, 5) is 5.81. The Kier molecular flexibility index (Phi) is 4.65. The molecule has 1 aromatic carbocycles. The maximum atomic E-state index is 5.36. The third kappa shape index (κ3) is 3.61. The van der Waals surface area contributed by atoms with Crippen LogP contribution in [0.25, 0.3) is 0 Å². The molecule has 2 atom stereocenters. The monoisotopic (exact) mass is 313 g/mol. The molecule has 0 bridgehead atoms. The number of benzene rings is 1. The molecular weight excluding hydrogens is 294 g/mol. The highest BCUT2D eigenvalue weighted by Gasteiger charge is 2.17. The van der Waals surface area contributed by atoms with Gasteiger partial charge in [-0.25, -0.2) is 0 Å². The van der Waals surface area contributed by atoms with E-state index in [0.29, 0.717) is 18.1 Å². The maximum Gasteiger partial charge on any atom is 0.231 e. The summed E-state index contributed by atoms with van der Waals surface area (Å²) in [5, 5.41) is 9.69. The number of hydrogen-bond acceptors (Lipinski definition) is 5. The van der Waals surface area contributed by atoms with Crippen LogP contribution in [0.5, 0.6) is 0 Å². The predicted molar refractivity (Wildman–Crippen MR) is 87.8 cm³/mol. The van der Waals surface area contributed by atoms with Gasteiger partial charge in [-0.05, 0) is 30.9 Å². The van der Waals surface area contributed by atoms with Crippen LogP contribution < -0.4 is 5.32 Å². The summed E-state index contributed by atoms with van der Waals surface area (Å²) in [6.07, 6.45) is 0.668. The summed E-state index contributed by atoms with van der Waals surface area (Å²) in [6, 6.07) is 14.7. The minimum Gasteiger partial charge on any atom is -0.339 e. The van der Waals surface area contributed by atoms with Crippen LogP contribution in [0.3, 0.4) is 0 Å². The van der Waals surface area contributed by atoms with Gasteiger partial charge in [0.2, 0.25) is 5.89 Å². The van der Waals surface area contributed by atoms with Crippen molar-refractivity contribution < 1.29 is 4.52 Å². The molecule has 0 amide bonds. The Morgan fingerprint density at radius 1 is 1.09 bits per heavy atom. The zero-order valence-corrected chi connectivity index (χ0v) is 13.5. The largest absolute Gasteiger partial charge is 0.339 e. The van der Waals surface area contributed by atoms with Crippen molar-refractivity contribution >= 4 is 11.3 Å². The molecule has 114 valence electrons. The van der Waals surface area contributed by atoms with E-state index in [2.05, 4.69) is 59.0 Å². The van der Waals surface area contributed by atoms with E-state index in [1.54, 1.807) is 11.3 Å². The van der Waals surface area contributed by atoms with Crippen molar-refractivity contribution in [1.82, 2.24) is 15.5 Å². The topological polar surface area (TPSA) is 51.0 Å². The Balaban J connectivity index is 1.63. The Morgan fingerprint density at radius 3 is 2.64 bits per heavy atom. The number of hydrogen-bond donors (Lipinski definition) is 1. The fourth-order valence-electron chi connectivity index (χ4n) is 2.36. The quantitative estimate of drug-likeness (QED) is 0.743. The number of rotatable bonds is 6. The van der Waals surface area contributed by atoms with Crippen LogP contribution in [0, 0.1) is 0 Å². The third-order valence-electron chi connectivity index (χ3n) is 3.54. The SMILES string of the molecule is C[C@H](N[C@H](C)c1noc(Cc2ccccc2)n1)c1cccs1. The summed E-state index contributed by atoms with van der Waals surface area (Å²) in [5.41, 5.74) is 1.17. The van der Waals surface area contributed by atoms with Gasteiger partial charge in [-0.3, -0.25) is 5.32 Å². The summed E-state index contributed by atoms with van der Waals surface area (Å²) in [6.45, 7) is 4.20. The van der Waals surface area contributed by atoms with Crippen LogP contribution in [-0.4, -0.2) is 10.1 Å². The van der Waals surface area contributed by atoms with E-state index in [1.807, 2.05) is 18.2 Å². The standard InChI is InChI=1S/C17H19N3OS/c1-12(15-9-6-10-22-15)18-13(2)17-19-16(21-20-17)11-14-7-4-3-5-8-14/h3-10,12-13,18H,11H2,1-2H3/t12-,13+/m0/s1. The zero-order valence-electron chi connectivity index (χ0n) is 12.7. The van der Waals surface area contributed by atoms with Crippen molar-refractivity contribution in [2.24, 2.45) is 0 Å². The van der Waals surface area contributed by atoms with E-state index in [9.17, 15) is 0 Å². The smallest absolute Gasteiger partial charge is 0.231 e. The molecule has 0 unspecified atom stereocenters. The second-order valence-corrected chi connectivity index (χ2v) is 6.31. The highest BCUT2D eigenvalue weighted by atomic mass is 32.1. The highest BCUT2D eigenvalue weighted by molar-refractivity contribution is 7.10. The molecule has 0 saturated carbocycles. The van der Waals surface area contributed by atoms with Gasteiger partial charge in [0, 0.05) is 10.9 Å². The van der Waals surface area contributed by atoms with E-state index in [1.165, 1.54) is 10.4 Å². The van der Waals surface area contributed by atoms with Gasteiger partial charge < -0.3 is 4.52 Å². The lowest BCUT2D eigenvalue weighted by molar-refractivity contribution is 0.369. The molecular formula is C17H19N3OS. The number of aromatic nitrogens is 2. The van der Waals surface area contributed by atoms with Crippen molar-refractivity contribution in [3.63, 3.8) is 0 Å². The van der Waals surface area contributed by atoms with Gasteiger partial charge in [-0.1, -0.05) is 41.6 Å². The van der Waals surface area contributed by atoms with E-state index in [4.69, 9.17) is 4.52 Å². The average Bonchev–Trinajstić information content (AvgIpc) is 3.19. The van der Waals surface area contributed by atoms with Crippen LogP contribution in [0.15, 0.2) is 52.4 Å². The average molecular weight is 313 g/mol. The molecule has 5 heteroatoms. The molecule has 0 saturated heterocycles. The molecule has 22 heavy (non-hydrogen) atoms. The van der Waals surface area contributed by atoms with Crippen molar-refractivity contribution in [2.45, 2.75) is 32.4 Å². The summed E-state index contributed by atoms with van der Waals surface area (Å²) >= 11 is 1.75. The Labute approximate surface area is 134 Å². The summed E-state index contributed by atoms with van der Waals surface area (Å²) < 4.78 is 5.36. The second kappa shape index (κ2) is 6.85. The first-order chi connectivity index (χ1) is 10.7. The lowest BCUT2D eigenvalue weighted by Crippen LogP contribution is -2.22. The molecule has 0 spiro atoms. The lowest BCUT2D eigenvalue weighted by Gasteiger charge is -2.16.